The standard InChI is InChI=1S/C24H34N2O6/c1-15-18(21(29)26(20(15)28)31-14-16-11-9-8-10-12-16)19(27)17(13-23(2,3)4)25-22(30)32-24(5,6)7/h8-12,15,17-18H,13-14H2,1-7H3,(H,25,30)/t15-,17?,18+/m0/s1. The van der Waals surface area contributed by atoms with E-state index in [1.807, 2.05) is 39.0 Å². The molecule has 0 aromatic heterocycles. The minimum absolute atomic E-state index is 0.0214. The predicted octanol–water partition coefficient (Wildman–Crippen LogP) is 3.64. The molecule has 8 heteroatoms. The third-order valence-electron chi connectivity index (χ3n) is 4.92. The van der Waals surface area contributed by atoms with E-state index in [9.17, 15) is 19.2 Å². The van der Waals surface area contributed by atoms with E-state index in [0.717, 1.165) is 5.56 Å². The number of ether oxygens (including phenoxy) is 1. The maximum atomic E-state index is 13.4. The molecule has 176 valence electrons. The number of amides is 3. The summed E-state index contributed by atoms with van der Waals surface area (Å²) in [5, 5.41) is 3.28. The predicted molar refractivity (Wildman–Crippen MR) is 118 cm³/mol. The zero-order valence-electron chi connectivity index (χ0n) is 19.9. The molecule has 1 aliphatic rings. The zero-order chi connectivity index (χ0) is 24.3. The van der Waals surface area contributed by atoms with E-state index in [1.54, 1.807) is 32.9 Å². The molecule has 1 N–H and O–H groups in total. The van der Waals surface area contributed by atoms with Crippen LogP contribution in [0.25, 0.3) is 0 Å². The molecule has 0 spiro atoms. The van der Waals surface area contributed by atoms with Crippen molar-refractivity contribution in [3.05, 3.63) is 35.9 Å². The van der Waals surface area contributed by atoms with Crippen molar-refractivity contribution in [3.63, 3.8) is 0 Å². The van der Waals surface area contributed by atoms with Gasteiger partial charge in [0.15, 0.2) is 5.78 Å². The molecule has 1 aliphatic heterocycles. The number of hydrogen-bond donors (Lipinski definition) is 1. The number of carbonyl (C=O) groups is 4. The molecule has 3 amide bonds. The number of benzene rings is 1. The summed E-state index contributed by atoms with van der Waals surface area (Å²) in [6.45, 7) is 12.5. The molecule has 1 fully saturated rings. The van der Waals surface area contributed by atoms with E-state index >= 15 is 0 Å². The summed E-state index contributed by atoms with van der Waals surface area (Å²) < 4.78 is 5.29. The molecule has 3 atom stereocenters. The van der Waals surface area contributed by atoms with Crippen LogP contribution in [0.4, 0.5) is 4.79 Å². The highest BCUT2D eigenvalue weighted by Crippen LogP contribution is 2.31. The average molecular weight is 447 g/mol. The van der Waals surface area contributed by atoms with Gasteiger partial charge in [0.05, 0.1) is 12.0 Å². The first-order chi connectivity index (χ1) is 14.7. The lowest BCUT2D eigenvalue weighted by atomic mass is 9.81. The molecular formula is C24H34N2O6. The van der Waals surface area contributed by atoms with Gasteiger partial charge < -0.3 is 10.1 Å². The smallest absolute Gasteiger partial charge is 0.408 e. The Kier molecular flexibility index (Phi) is 7.83. The number of Topliss-reactive ketones (excluding diaryl/α,β-unsaturated/α-hetero) is 1. The third-order valence-corrected chi connectivity index (χ3v) is 4.92. The van der Waals surface area contributed by atoms with Gasteiger partial charge in [0, 0.05) is 0 Å². The average Bonchev–Trinajstić information content (AvgIpc) is 2.86. The van der Waals surface area contributed by atoms with Gasteiger partial charge in [-0.3, -0.25) is 19.2 Å². The van der Waals surface area contributed by atoms with Crippen molar-refractivity contribution in [2.24, 2.45) is 17.3 Å². The van der Waals surface area contributed by atoms with E-state index < -0.39 is 47.2 Å². The Balaban J connectivity index is 2.18. The van der Waals surface area contributed by atoms with Crippen molar-refractivity contribution in [3.8, 4) is 0 Å². The lowest BCUT2D eigenvalue weighted by molar-refractivity contribution is -0.193. The number of hydrogen-bond acceptors (Lipinski definition) is 6. The topological polar surface area (TPSA) is 102 Å². The van der Waals surface area contributed by atoms with Crippen LogP contribution in [0.1, 0.15) is 60.5 Å². The van der Waals surface area contributed by atoms with Crippen molar-refractivity contribution >= 4 is 23.7 Å². The zero-order valence-corrected chi connectivity index (χ0v) is 19.9. The number of rotatable bonds is 7. The third kappa shape index (κ3) is 6.88. The van der Waals surface area contributed by atoms with Gasteiger partial charge in [-0.05, 0) is 38.2 Å². The van der Waals surface area contributed by atoms with Gasteiger partial charge in [0.25, 0.3) is 11.8 Å². The second-order valence-corrected chi connectivity index (χ2v) is 10.4. The molecule has 2 rings (SSSR count). The summed E-state index contributed by atoms with van der Waals surface area (Å²) in [5.74, 6) is -3.94. The first-order valence-corrected chi connectivity index (χ1v) is 10.8. The van der Waals surface area contributed by atoms with E-state index in [-0.39, 0.29) is 18.4 Å². The largest absolute Gasteiger partial charge is 0.444 e. The fraction of sp³-hybridized carbons (Fsp3) is 0.583. The lowest BCUT2D eigenvalue weighted by Gasteiger charge is -2.29. The van der Waals surface area contributed by atoms with Crippen LogP contribution in [0.2, 0.25) is 0 Å². The summed E-state index contributed by atoms with van der Waals surface area (Å²) in [4.78, 5) is 56.9. The second kappa shape index (κ2) is 9.81. The van der Waals surface area contributed by atoms with Gasteiger partial charge in [0.2, 0.25) is 0 Å². The Bertz CT molecular complexity index is 853. The number of nitrogens with zero attached hydrogens (tertiary/aromatic N) is 1. The summed E-state index contributed by atoms with van der Waals surface area (Å²) in [6, 6.07) is 8.12. The second-order valence-electron chi connectivity index (χ2n) is 10.4. The summed E-state index contributed by atoms with van der Waals surface area (Å²) in [6.07, 6.45) is -0.470. The Morgan fingerprint density at radius 2 is 1.62 bits per heavy atom. The van der Waals surface area contributed by atoms with Gasteiger partial charge >= 0.3 is 6.09 Å². The molecule has 1 unspecified atom stereocenters. The van der Waals surface area contributed by atoms with E-state index in [0.29, 0.717) is 5.06 Å². The minimum Gasteiger partial charge on any atom is -0.444 e. The van der Waals surface area contributed by atoms with Crippen LogP contribution in [0.15, 0.2) is 30.3 Å². The van der Waals surface area contributed by atoms with Gasteiger partial charge in [-0.25, -0.2) is 4.79 Å². The molecule has 1 saturated heterocycles. The Hall–Kier alpha value is -2.74. The number of ketones is 1. The molecule has 0 radical (unpaired) electrons. The van der Waals surface area contributed by atoms with Gasteiger partial charge in [0.1, 0.15) is 18.1 Å². The fourth-order valence-electron chi connectivity index (χ4n) is 3.49. The first-order valence-electron chi connectivity index (χ1n) is 10.8. The van der Waals surface area contributed by atoms with Crippen LogP contribution in [0.5, 0.6) is 0 Å². The Labute approximate surface area is 189 Å². The molecule has 0 saturated carbocycles. The summed E-state index contributed by atoms with van der Waals surface area (Å²) in [7, 11) is 0. The van der Waals surface area contributed by atoms with Crippen LogP contribution < -0.4 is 5.32 Å². The SMILES string of the molecule is C[C@@H]1C(=O)N(OCc2ccccc2)C(=O)[C@H]1C(=O)C(CC(C)(C)C)NC(=O)OC(C)(C)C. The van der Waals surface area contributed by atoms with Crippen LogP contribution in [0.3, 0.4) is 0 Å². The van der Waals surface area contributed by atoms with Gasteiger partial charge in [-0.15, -0.1) is 0 Å². The Morgan fingerprint density at radius 3 is 2.16 bits per heavy atom. The molecule has 1 aromatic carbocycles. The number of hydroxylamine groups is 2. The summed E-state index contributed by atoms with van der Waals surface area (Å²) >= 11 is 0. The number of carbonyl (C=O) groups excluding carboxylic acids is 4. The minimum atomic E-state index is -1.24. The van der Waals surface area contributed by atoms with Crippen molar-refractivity contribution in [1.82, 2.24) is 10.4 Å². The molecular weight excluding hydrogens is 412 g/mol. The van der Waals surface area contributed by atoms with Crippen LogP contribution in [0, 0.1) is 17.3 Å². The summed E-state index contributed by atoms with van der Waals surface area (Å²) in [5.41, 5.74) is -0.283. The Morgan fingerprint density at radius 1 is 1.03 bits per heavy atom. The van der Waals surface area contributed by atoms with Crippen LogP contribution >= 0.6 is 0 Å². The van der Waals surface area contributed by atoms with Crippen molar-refractivity contribution in [1.29, 1.82) is 0 Å². The van der Waals surface area contributed by atoms with E-state index in [1.165, 1.54) is 6.92 Å². The fourth-order valence-corrected chi connectivity index (χ4v) is 3.49. The highest BCUT2D eigenvalue weighted by Gasteiger charge is 2.52. The molecule has 0 aliphatic carbocycles. The normalized spacial score (nSPS) is 20.3. The first kappa shape index (κ1) is 25.5. The number of nitrogens with one attached hydrogen (secondary N) is 1. The van der Waals surface area contributed by atoms with Crippen molar-refractivity contribution in [2.45, 2.75) is 73.1 Å². The molecule has 8 nitrogen and oxygen atoms in total. The maximum Gasteiger partial charge on any atom is 0.408 e. The van der Waals surface area contributed by atoms with E-state index in [4.69, 9.17) is 9.57 Å². The van der Waals surface area contributed by atoms with Crippen molar-refractivity contribution < 1.29 is 28.8 Å². The van der Waals surface area contributed by atoms with E-state index in [2.05, 4.69) is 5.32 Å². The van der Waals surface area contributed by atoms with Crippen molar-refractivity contribution in [2.75, 3.05) is 0 Å². The quantitative estimate of drug-likeness (QED) is 0.507. The highest BCUT2D eigenvalue weighted by atomic mass is 16.7. The molecule has 1 aromatic rings. The maximum absolute atomic E-state index is 13.4. The number of alkyl carbamates (subject to hydrolysis) is 1. The monoisotopic (exact) mass is 446 g/mol. The number of imide groups is 1. The van der Waals surface area contributed by atoms with Crippen LogP contribution in [-0.4, -0.2) is 40.4 Å². The molecule has 0 bridgehead atoms. The highest BCUT2D eigenvalue weighted by molar-refractivity contribution is 6.15. The van der Waals surface area contributed by atoms with Crippen LogP contribution in [-0.2, 0) is 30.6 Å². The van der Waals surface area contributed by atoms with Gasteiger partial charge in [-0.1, -0.05) is 58.0 Å². The molecule has 32 heavy (non-hydrogen) atoms. The molecule has 1 heterocycles. The van der Waals surface area contributed by atoms with Gasteiger partial charge in [-0.2, -0.15) is 5.06 Å². The lowest BCUT2D eigenvalue weighted by Crippen LogP contribution is -2.49.